The first-order valence-corrected chi connectivity index (χ1v) is 9.18. The molecular formula is C17H17ClN4O3S. The number of anilines is 1. The van der Waals surface area contributed by atoms with Gasteiger partial charge in [-0.1, -0.05) is 23.4 Å². The van der Waals surface area contributed by atoms with Gasteiger partial charge in [-0.25, -0.2) is 0 Å². The quantitative estimate of drug-likeness (QED) is 0.590. The van der Waals surface area contributed by atoms with Crippen LogP contribution >= 0.6 is 23.4 Å². The molecule has 136 valence electrons. The van der Waals surface area contributed by atoms with Crippen molar-refractivity contribution in [2.75, 3.05) is 24.8 Å². The summed E-state index contributed by atoms with van der Waals surface area (Å²) < 4.78 is 12.4. The van der Waals surface area contributed by atoms with Crippen molar-refractivity contribution in [1.29, 1.82) is 0 Å². The number of aromatic nitrogens is 3. The fraction of sp³-hybridized carbons (Fsp3) is 0.235. The standard InChI is InChI=1S/C17H17ClN4O3S/c1-24-10-8-22-16(14-3-2-9-25-14)20-21-17(22)26-11-15(23)19-13-6-4-12(18)5-7-13/h2-7,9H,8,10-11H2,1H3,(H,19,23). The number of amides is 1. The van der Waals surface area contributed by atoms with Crippen LogP contribution in [0.25, 0.3) is 11.6 Å². The van der Waals surface area contributed by atoms with Crippen molar-refractivity contribution in [3.63, 3.8) is 0 Å². The van der Waals surface area contributed by atoms with Crippen molar-refractivity contribution in [3.8, 4) is 11.6 Å². The lowest BCUT2D eigenvalue weighted by Gasteiger charge is -2.08. The fourth-order valence-corrected chi connectivity index (χ4v) is 3.12. The van der Waals surface area contributed by atoms with Crippen molar-refractivity contribution in [3.05, 3.63) is 47.7 Å². The Balaban J connectivity index is 1.67. The Morgan fingerprint density at radius 3 is 2.81 bits per heavy atom. The van der Waals surface area contributed by atoms with Crippen LogP contribution in [-0.2, 0) is 16.1 Å². The van der Waals surface area contributed by atoms with Gasteiger partial charge in [-0.3, -0.25) is 9.36 Å². The van der Waals surface area contributed by atoms with Crippen LogP contribution in [-0.4, -0.2) is 40.1 Å². The molecule has 1 amide bonds. The van der Waals surface area contributed by atoms with Crippen LogP contribution in [0.3, 0.4) is 0 Å². The summed E-state index contributed by atoms with van der Waals surface area (Å²) in [7, 11) is 1.63. The zero-order chi connectivity index (χ0) is 18.4. The molecule has 0 spiro atoms. The number of carbonyl (C=O) groups is 1. The molecule has 0 radical (unpaired) electrons. The van der Waals surface area contributed by atoms with Crippen molar-refractivity contribution in [2.45, 2.75) is 11.7 Å². The SMILES string of the molecule is COCCn1c(SCC(=O)Nc2ccc(Cl)cc2)nnc1-c1ccco1. The average Bonchev–Trinajstić information content (AvgIpc) is 3.29. The second-order valence-corrected chi connectivity index (χ2v) is 6.65. The lowest BCUT2D eigenvalue weighted by molar-refractivity contribution is -0.113. The maximum absolute atomic E-state index is 12.2. The summed E-state index contributed by atoms with van der Waals surface area (Å²) in [6.07, 6.45) is 1.58. The van der Waals surface area contributed by atoms with Gasteiger partial charge in [0, 0.05) is 17.8 Å². The molecular weight excluding hydrogens is 376 g/mol. The molecule has 1 N–H and O–H groups in total. The third-order valence-corrected chi connectivity index (χ3v) is 4.66. The molecule has 0 aliphatic carbocycles. The monoisotopic (exact) mass is 392 g/mol. The lowest BCUT2D eigenvalue weighted by atomic mass is 10.3. The Labute approximate surface area is 159 Å². The number of carbonyl (C=O) groups excluding carboxylic acids is 1. The molecule has 3 aromatic rings. The summed E-state index contributed by atoms with van der Waals surface area (Å²) in [6.45, 7) is 1.05. The van der Waals surface area contributed by atoms with Gasteiger partial charge in [-0.15, -0.1) is 10.2 Å². The number of hydrogen-bond donors (Lipinski definition) is 1. The van der Waals surface area contributed by atoms with E-state index in [2.05, 4.69) is 15.5 Å². The van der Waals surface area contributed by atoms with Crippen LogP contribution in [0.1, 0.15) is 0 Å². The van der Waals surface area contributed by atoms with Crippen LogP contribution < -0.4 is 5.32 Å². The zero-order valence-corrected chi connectivity index (χ0v) is 15.6. The van der Waals surface area contributed by atoms with Gasteiger partial charge >= 0.3 is 0 Å². The summed E-state index contributed by atoms with van der Waals surface area (Å²) in [6, 6.07) is 10.6. The second-order valence-electron chi connectivity index (χ2n) is 5.27. The van der Waals surface area contributed by atoms with Gasteiger partial charge in [-0.2, -0.15) is 0 Å². The van der Waals surface area contributed by atoms with E-state index in [-0.39, 0.29) is 11.7 Å². The van der Waals surface area contributed by atoms with E-state index in [1.807, 2.05) is 10.6 Å². The Hall–Kier alpha value is -2.29. The van der Waals surface area contributed by atoms with E-state index in [9.17, 15) is 4.79 Å². The number of rotatable bonds is 8. The average molecular weight is 393 g/mol. The number of nitrogens with zero attached hydrogens (tertiary/aromatic N) is 3. The second kappa shape index (κ2) is 8.88. The van der Waals surface area contributed by atoms with Crippen LogP contribution in [0.2, 0.25) is 5.02 Å². The summed E-state index contributed by atoms with van der Waals surface area (Å²) in [5.74, 6) is 1.28. The molecule has 1 aromatic carbocycles. The predicted molar refractivity (Wildman–Crippen MR) is 100 cm³/mol. The largest absolute Gasteiger partial charge is 0.461 e. The Kier molecular flexibility index (Phi) is 6.32. The molecule has 2 aromatic heterocycles. The Bertz CT molecular complexity index is 850. The first-order valence-electron chi connectivity index (χ1n) is 7.81. The van der Waals surface area contributed by atoms with E-state index >= 15 is 0 Å². The number of methoxy groups -OCH3 is 1. The van der Waals surface area contributed by atoms with Crippen LogP contribution in [0.5, 0.6) is 0 Å². The van der Waals surface area contributed by atoms with Gasteiger partial charge in [0.1, 0.15) is 0 Å². The normalized spacial score (nSPS) is 10.8. The highest BCUT2D eigenvalue weighted by molar-refractivity contribution is 7.99. The van der Waals surface area contributed by atoms with E-state index in [4.69, 9.17) is 20.8 Å². The van der Waals surface area contributed by atoms with Crippen molar-refractivity contribution < 1.29 is 13.9 Å². The number of thioether (sulfide) groups is 1. The fourth-order valence-electron chi connectivity index (χ4n) is 2.23. The lowest BCUT2D eigenvalue weighted by Crippen LogP contribution is -2.15. The minimum Gasteiger partial charge on any atom is -0.461 e. The van der Waals surface area contributed by atoms with Crippen molar-refractivity contribution in [1.82, 2.24) is 14.8 Å². The summed E-state index contributed by atoms with van der Waals surface area (Å²) in [5.41, 5.74) is 0.692. The number of benzene rings is 1. The maximum Gasteiger partial charge on any atom is 0.234 e. The van der Waals surface area contributed by atoms with Crippen LogP contribution in [0, 0.1) is 0 Å². The minimum absolute atomic E-state index is 0.141. The van der Waals surface area contributed by atoms with Gasteiger partial charge in [0.15, 0.2) is 10.9 Å². The number of ether oxygens (including phenoxy) is 1. The molecule has 0 fully saturated rings. The highest BCUT2D eigenvalue weighted by atomic mass is 35.5. The summed E-state index contributed by atoms with van der Waals surface area (Å²) in [5, 5.41) is 12.4. The number of furan rings is 1. The summed E-state index contributed by atoms with van der Waals surface area (Å²) >= 11 is 7.14. The van der Waals surface area contributed by atoms with Gasteiger partial charge in [0.25, 0.3) is 0 Å². The molecule has 26 heavy (non-hydrogen) atoms. The molecule has 0 saturated heterocycles. The van der Waals surface area contributed by atoms with Crippen LogP contribution in [0.4, 0.5) is 5.69 Å². The minimum atomic E-state index is -0.141. The molecule has 9 heteroatoms. The van der Waals surface area contributed by atoms with Gasteiger partial charge in [0.2, 0.25) is 11.7 Å². The molecule has 7 nitrogen and oxygen atoms in total. The van der Waals surface area contributed by atoms with E-state index < -0.39 is 0 Å². The van der Waals surface area contributed by atoms with E-state index in [1.54, 1.807) is 43.7 Å². The molecule has 0 aliphatic heterocycles. The molecule has 0 aliphatic rings. The summed E-state index contributed by atoms with van der Waals surface area (Å²) in [4.78, 5) is 12.2. The van der Waals surface area contributed by atoms with Gasteiger partial charge in [-0.05, 0) is 36.4 Å². The number of nitrogens with one attached hydrogen (secondary N) is 1. The third kappa shape index (κ3) is 4.66. The van der Waals surface area contributed by atoms with E-state index in [0.717, 1.165) is 0 Å². The Morgan fingerprint density at radius 1 is 1.31 bits per heavy atom. The smallest absolute Gasteiger partial charge is 0.234 e. The third-order valence-electron chi connectivity index (χ3n) is 3.44. The predicted octanol–water partition coefficient (Wildman–Crippen LogP) is 3.57. The highest BCUT2D eigenvalue weighted by Gasteiger charge is 2.17. The zero-order valence-electron chi connectivity index (χ0n) is 14.0. The molecule has 3 rings (SSSR count). The Morgan fingerprint density at radius 2 is 2.12 bits per heavy atom. The molecule has 2 heterocycles. The number of halogens is 1. The molecule has 0 bridgehead atoms. The van der Waals surface area contributed by atoms with Gasteiger partial charge < -0.3 is 14.5 Å². The topological polar surface area (TPSA) is 82.2 Å². The van der Waals surface area contributed by atoms with Crippen molar-refractivity contribution in [2.24, 2.45) is 0 Å². The molecule has 0 saturated carbocycles. The maximum atomic E-state index is 12.2. The molecule has 0 unspecified atom stereocenters. The van der Waals surface area contributed by atoms with E-state index in [1.165, 1.54) is 11.8 Å². The van der Waals surface area contributed by atoms with E-state index in [0.29, 0.717) is 40.6 Å². The highest BCUT2D eigenvalue weighted by Crippen LogP contribution is 2.24. The first-order chi connectivity index (χ1) is 12.7. The number of hydrogen-bond acceptors (Lipinski definition) is 6. The molecule has 0 atom stereocenters. The van der Waals surface area contributed by atoms with Crippen LogP contribution in [0.15, 0.2) is 52.2 Å². The van der Waals surface area contributed by atoms with Gasteiger partial charge in [0.05, 0.1) is 25.2 Å². The van der Waals surface area contributed by atoms with Crippen molar-refractivity contribution >= 4 is 35.0 Å². The first kappa shape index (κ1) is 18.5.